The lowest BCUT2D eigenvalue weighted by Gasteiger charge is -2.02. The highest BCUT2D eigenvalue weighted by Gasteiger charge is 2.02. The fraction of sp³-hybridized carbons (Fsp3) is 0.417. The van der Waals surface area contributed by atoms with Crippen molar-refractivity contribution in [1.29, 1.82) is 0 Å². The first kappa shape index (κ1) is 13.7. The van der Waals surface area contributed by atoms with E-state index < -0.39 is 0 Å². The summed E-state index contributed by atoms with van der Waals surface area (Å²) in [5.74, 6) is 5.63. The van der Waals surface area contributed by atoms with Crippen molar-refractivity contribution in [2.24, 2.45) is 5.73 Å². The molecule has 0 unspecified atom stereocenters. The summed E-state index contributed by atoms with van der Waals surface area (Å²) >= 11 is 1.57. The lowest BCUT2D eigenvalue weighted by Crippen LogP contribution is -2.26. The Morgan fingerprint density at radius 1 is 1.65 bits per heavy atom. The third-order valence-corrected chi connectivity index (χ3v) is 2.82. The van der Waals surface area contributed by atoms with Gasteiger partial charge in [-0.1, -0.05) is 11.8 Å². The predicted molar refractivity (Wildman–Crippen MR) is 68.6 cm³/mol. The van der Waals surface area contributed by atoms with E-state index >= 15 is 0 Å². The molecule has 5 heteroatoms. The lowest BCUT2D eigenvalue weighted by molar-refractivity contribution is -0.125. The van der Waals surface area contributed by atoms with Crippen LogP contribution in [-0.4, -0.2) is 25.7 Å². The van der Waals surface area contributed by atoms with Gasteiger partial charge in [-0.3, -0.25) is 4.79 Å². The van der Waals surface area contributed by atoms with E-state index in [-0.39, 0.29) is 12.5 Å². The Morgan fingerprint density at radius 2 is 2.47 bits per heavy atom. The number of hydrogen-bond donors (Lipinski definition) is 2. The molecule has 1 heterocycles. The van der Waals surface area contributed by atoms with Crippen molar-refractivity contribution in [2.75, 3.05) is 19.8 Å². The third kappa shape index (κ3) is 5.50. The fourth-order valence-electron chi connectivity index (χ4n) is 1.12. The molecule has 0 saturated carbocycles. The van der Waals surface area contributed by atoms with Gasteiger partial charge in [-0.15, -0.1) is 11.3 Å². The number of thiophene rings is 1. The molecule has 1 amide bonds. The maximum atomic E-state index is 11.3. The predicted octanol–water partition coefficient (Wildman–Crippen LogP) is 0.711. The molecule has 0 aliphatic rings. The summed E-state index contributed by atoms with van der Waals surface area (Å²) < 4.78 is 5.00. The van der Waals surface area contributed by atoms with Gasteiger partial charge in [0.15, 0.2) is 0 Å². The van der Waals surface area contributed by atoms with Crippen LogP contribution < -0.4 is 11.1 Å². The maximum absolute atomic E-state index is 11.3. The highest BCUT2D eigenvalue weighted by Crippen LogP contribution is 2.13. The van der Waals surface area contributed by atoms with Gasteiger partial charge in [0.2, 0.25) is 5.91 Å². The first-order chi connectivity index (χ1) is 8.26. The lowest BCUT2D eigenvalue weighted by atomic mass is 10.3. The second-order valence-electron chi connectivity index (χ2n) is 3.22. The highest BCUT2D eigenvalue weighted by atomic mass is 32.1. The molecule has 4 nitrogen and oxygen atoms in total. The van der Waals surface area contributed by atoms with Crippen LogP contribution in [0.5, 0.6) is 0 Å². The molecule has 0 aliphatic carbocycles. The fourth-order valence-corrected chi connectivity index (χ4v) is 1.88. The molecule has 0 aromatic carbocycles. The van der Waals surface area contributed by atoms with Crippen LogP contribution in [0.15, 0.2) is 11.4 Å². The van der Waals surface area contributed by atoms with Crippen LogP contribution in [0, 0.1) is 11.8 Å². The van der Waals surface area contributed by atoms with Gasteiger partial charge in [0.1, 0.15) is 6.61 Å². The Hall–Kier alpha value is -1.35. The minimum absolute atomic E-state index is 0.102. The van der Waals surface area contributed by atoms with Gasteiger partial charge < -0.3 is 15.8 Å². The van der Waals surface area contributed by atoms with Crippen molar-refractivity contribution in [2.45, 2.75) is 13.5 Å². The quantitative estimate of drug-likeness (QED) is 0.759. The molecule has 92 valence electrons. The molecule has 0 fully saturated rings. The van der Waals surface area contributed by atoms with Gasteiger partial charge in [-0.05, 0) is 13.0 Å². The van der Waals surface area contributed by atoms with Crippen LogP contribution in [0.2, 0.25) is 0 Å². The molecule has 1 rings (SSSR count). The number of rotatable bonds is 5. The number of carbonyl (C=O) groups is 1. The first-order valence-corrected chi connectivity index (χ1v) is 6.25. The summed E-state index contributed by atoms with van der Waals surface area (Å²) in [4.78, 5) is 12.3. The summed E-state index contributed by atoms with van der Waals surface area (Å²) in [6, 6.07) is 1.95. The number of nitrogens with two attached hydrogens (primary N) is 1. The van der Waals surface area contributed by atoms with Crippen LogP contribution in [0.4, 0.5) is 0 Å². The monoisotopic (exact) mass is 252 g/mol. The van der Waals surface area contributed by atoms with Gasteiger partial charge in [0.25, 0.3) is 0 Å². The topological polar surface area (TPSA) is 64.3 Å². The minimum atomic E-state index is -0.102. The van der Waals surface area contributed by atoms with Crippen molar-refractivity contribution in [3.05, 3.63) is 21.9 Å². The number of ether oxygens (including phenoxy) is 1. The van der Waals surface area contributed by atoms with E-state index in [1.54, 1.807) is 11.3 Å². The zero-order valence-corrected chi connectivity index (χ0v) is 10.6. The van der Waals surface area contributed by atoms with Gasteiger partial charge in [0, 0.05) is 22.4 Å². The van der Waals surface area contributed by atoms with Crippen molar-refractivity contribution in [3.63, 3.8) is 0 Å². The highest BCUT2D eigenvalue weighted by molar-refractivity contribution is 7.10. The SMILES string of the molecule is CCOCC(=O)NCc1cc(C#CCN)cs1. The Balaban J connectivity index is 2.36. The largest absolute Gasteiger partial charge is 0.372 e. The molecule has 1 aromatic rings. The normalized spacial score (nSPS) is 9.53. The molecule has 0 atom stereocenters. The molecule has 1 aromatic heterocycles. The van der Waals surface area contributed by atoms with E-state index in [4.69, 9.17) is 10.5 Å². The second kappa shape index (κ2) is 7.85. The third-order valence-electron chi connectivity index (χ3n) is 1.89. The van der Waals surface area contributed by atoms with Crippen LogP contribution >= 0.6 is 11.3 Å². The van der Waals surface area contributed by atoms with Crippen LogP contribution in [0.1, 0.15) is 17.4 Å². The molecule has 0 aliphatic heterocycles. The van der Waals surface area contributed by atoms with E-state index in [0.29, 0.717) is 19.7 Å². The van der Waals surface area contributed by atoms with Crippen LogP contribution in [0.25, 0.3) is 0 Å². The van der Waals surface area contributed by atoms with Crippen LogP contribution in [-0.2, 0) is 16.1 Å². The number of nitrogens with one attached hydrogen (secondary N) is 1. The molecular weight excluding hydrogens is 236 g/mol. The van der Waals surface area contributed by atoms with Gasteiger partial charge in [0.05, 0.1) is 13.1 Å². The molecule has 0 radical (unpaired) electrons. The van der Waals surface area contributed by atoms with Crippen LogP contribution in [0.3, 0.4) is 0 Å². The van der Waals surface area contributed by atoms with Gasteiger partial charge in [-0.25, -0.2) is 0 Å². The molecule has 3 N–H and O–H groups in total. The van der Waals surface area contributed by atoms with E-state index in [9.17, 15) is 4.79 Å². The smallest absolute Gasteiger partial charge is 0.246 e. The Labute approximate surface area is 105 Å². The molecular formula is C12H16N2O2S. The summed E-state index contributed by atoms with van der Waals surface area (Å²) in [7, 11) is 0. The van der Waals surface area contributed by atoms with Crippen molar-refractivity contribution < 1.29 is 9.53 Å². The maximum Gasteiger partial charge on any atom is 0.246 e. The van der Waals surface area contributed by atoms with E-state index in [1.165, 1.54) is 0 Å². The van der Waals surface area contributed by atoms with Crippen molar-refractivity contribution >= 4 is 17.2 Å². The van der Waals surface area contributed by atoms with Gasteiger partial charge >= 0.3 is 0 Å². The average molecular weight is 252 g/mol. The standard InChI is InChI=1S/C12H16N2O2S/c1-2-16-8-12(15)14-7-11-6-10(9-17-11)4-3-5-13/h6,9H,2,5,7-8,13H2,1H3,(H,14,15). The average Bonchev–Trinajstić information content (AvgIpc) is 2.79. The summed E-state index contributed by atoms with van der Waals surface area (Å²) in [5.41, 5.74) is 6.23. The number of carbonyl (C=O) groups excluding carboxylic acids is 1. The van der Waals surface area contributed by atoms with Crippen molar-refractivity contribution in [3.8, 4) is 11.8 Å². The summed E-state index contributed by atoms with van der Waals surface area (Å²) in [6.07, 6.45) is 0. The molecule has 0 spiro atoms. The molecule has 17 heavy (non-hydrogen) atoms. The van der Waals surface area contributed by atoms with E-state index in [2.05, 4.69) is 17.2 Å². The Bertz CT molecular complexity index is 418. The zero-order chi connectivity index (χ0) is 12.5. The minimum Gasteiger partial charge on any atom is -0.372 e. The number of amides is 1. The van der Waals surface area contributed by atoms with Crippen molar-refractivity contribution in [1.82, 2.24) is 5.32 Å². The molecule has 0 bridgehead atoms. The second-order valence-corrected chi connectivity index (χ2v) is 4.22. The van der Waals surface area contributed by atoms with Gasteiger partial charge in [-0.2, -0.15) is 0 Å². The molecule has 0 saturated heterocycles. The Morgan fingerprint density at radius 3 is 3.18 bits per heavy atom. The number of hydrogen-bond acceptors (Lipinski definition) is 4. The van der Waals surface area contributed by atoms with E-state index in [1.807, 2.05) is 18.4 Å². The summed E-state index contributed by atoms with van der Waals surface area (Å²) in [5, 5.41) is 4.73. The zero-order valence-electron chi connectivity index (χ0n) is 9.79. The Kier molecular flexibility index (Phi) is 6.33. The first-order valence-electron chi connectivity index (χ1n) is 5.37. The van der Waals surface area contributed by atoms with E-state index in [0.717, 1.165) is 10.4 Å². The summed E-state index contributed by atoms with van der Waals surface area (Å²) in [6.45, 7) is 3.39.